The highest BCUT2D eigenvalue weighted by Crippen LogP contribution is 2.44. The number of hydrogen-bond acceptors (Lipinski definition) is 11. The predicted octanol–water partition coefficient (Wildman–Crippen LogP) is 2.88. The van der Waals surface area contributed by atoms with Gasteiger partial charge in [0, 0.05) is 43.6 Å². The van der Waals surface area contributed by atoms with Gasteiger partial charge < -0.3 is 15.0 Å². The monoisotopic (exact) mass is 770 g/mol. The molecule has 2 heterocycles. The van der Waals surface area contributed by atoms with Crippen LogP contribution in [0.4, 0.5) is 5.69 Å². The van der Waals surface area contributed by atoms with Crippen LogP contribution in [0.5, 0.6) is 5.88 Å². The molecule has 284 valence electrons. The fourth-order valence-corrected chi connectivity index (χ4v) is 9.72. The van der Waals surface area contributed by atoms with Gasteiger partial charge in [-0.3, -0.25) is 29.2 Å². The number of amides is 3. The second kappa shape index (κ2) is 15.0. The Morgan fingerprint density at radius 2 is 1.75 bits per heavy atom. The Hall–Kier alpha value is -4.68. The molecule has 2 aliphatic carbocycles. The third-order valence-electron chi connectivity index (χ3n) is 10.1. The van der Waals surface area contributed by atoms with Gasteiger partial charge >= 0.3 is 0 Å². The van der Waals surface area contributed by atoms with Crippen molar-refractivity contribution in [3.63, 3.8) is 0 Å². The third-order valence-corrected chi connectivity index (χ3v) is 13.8. The Kier molecular flexibility index (Phi) is 10.8. The average molecular weight is 771 g/mol. The van der Waals surface area contributed by atoms with Gasteiger partial charge in [0.1, 0.15) is 17.7 Å². The molecule has 0 radical (unpaired) electrons. The number of sulfonamides is 2. The standard InChI is InChI=1S/C35H42N6O10S2/c1-3-4-18-39(53(49,50)30-12-8-7-11-28(30)41(45)46)19-16-31(42)40-22-25(51-33-27-10-6-5-9-24(27)15-17-36-33)20-29(40)32(43)37-35(21-23(35)2)34(44)38-52(47,48)26-13-14-26/h5-12,15,17,23,25-26,29H,3-4,13-14,16,18-22H2,1-2H3,(H,37,43)(H,38,44)/t23-,25?,29+,35-/m1/s1. The number of nitro benzene ring substituents is 1. The number of ether oxygens (including phenoxy) is 1. The van der Waals surface area contributed by atoms with E-state index < -0.39 is 76.2 Å². The van der Waals surface area contributed by atoms with Crippen molar-refractivity contribution in [2.24, 2.45) is 5.92 Å². The molecule has 53 heavy (non-hydrogen) atoms. The number of rotatable bonds is 16. The van der Waals surface area contributed by atoms with Gasteiger partial charge in [0.2, 0.25) is 37.7 Å². The van der Waals surface area contributed by atoms with Crippen LogP contribution in [0.1, 0.15) is 58.8 Å². The maximum absolute atomic E-state index is 14.0. The maximum atomic E-state index is 14.0. The summed E-state index contributed by atoms with van der Waals surface area (Å²) in [5.41, 5.74) is -2.07. The summed E-state index contributed by atoms with van der Waals surface area (Å²) in [7, 11) is -8.29. The molecule has 1 aromatic heterocycles. The van der Waals surface area contributed by atoms with Gasteiger partial charge in [-0.25, -0.2) is 21.8 Å². The molecular formula is C35H42N6O10S2. The smallest absolute Gasteiger partial charge is 0.289 e. The minimum absolute atomic E-state index is 0.000150. The van der Waals surface area contributed by atoms with Crippen molar-refractivity contribution in [1.82, 2.24) is 24.2 Å². The lowest BCUT2D eigenvalue weighted by molar-refractivity contribution is -0.387. The van der Waals surface area contributed by atoms with E-state index in [0.29, 0.717) is 36.9 Å². The molecule has 1 aliphatic heterocycles. The molecule has 3 amide bonds. The van der Waals surface area contributed by atoms with Gasteiger partial charge in [0.15, 0.2) is 4.90 Å². The van der Waals surface area contributed by atoms with Crippen LogP contribution in [0.2, 0.25) is 0 Å². The molecule has 1 unspecified atom stereocenters. The minimum atomic E-state index is -4.40. The molecule has 16 nitrogen and oxygen atoms in total. The molecule has 0 spiro atoms. The Balaban J connectivity index is 1.24. The number of nitrogens with one attached hydrogen (secondary N) is 2. The second-order valence-corrected chi connectivity index (χ2v) is 17.7. The summed E-state index contributed by atoms with van der Waals surface area (Å²) >= 11 is 0. The maximum Gasteiger partial charge on any atom is 0.289 e. The Morgan fingerprint density at radius 1 is 1.06 bits per heavy atom. The minimum Gasteiger partial charge on any atom is -0.472 e. The molecule has 3 aliphatic rings. The lowest BCUT2D eigenvalue weighted by Crippen LogP contribution is -2.56. The van der Waals surface area contributed by atoms with Crippen molar-refractivity contribution >= 4 is 54.2 Å². The van der Waals surface area contributed by atoms with E-state index in [9.17, 15) is 41.3 Å². The Labute approximate surface area is 307 Å². The zero-order valence-corrected chi connectivity index (χ0v) is 31.0. The molecule has 2 saturated carbocycles. The number of carbonyl (C=O) groups excluding carboxylic acids is 3. The van der Waals surface area contributed by atoms with Gasteiger partial charge in [-0.1, -0.05) is 50.6 Å². The summed E-state index contributed by atoms with van der Waals surface area (Å²) in [5.74, 6) is -2.19. The summed E-state index contributed by atoms with van der Waals surface area (Å²) in [6.45, 7) is 3.17. The van der Waals surface area contributed by atoms with Crippen LogP contribution < -0.4 is 14.8 Å². The summed E-state index contributed by atoms with van der Waals surface area (Å²) in [6.07, 6.45) is 2.62. The highest BCUT2D eigenvalue weighted by Gasteiger charge is 2.61. The van der Waals surface area contributed by atoms with E-state index in [1.54, 1.807) is 13.1 Å². The molecular weight excluding hydrogens is 729 g/mol. The number of benzene rings is 2. The van der Waals surface area contributed by atoms with Crippen molar-refractivity contribution in [3.05, 3.63) is 70.9 Å². The molecule has 0 bridgehead atoms. The highest BCUT2D eigenvalue weighted by atomic mass is 32.2. The molecule has 3 aromatic rings. The van der Waals surface area contributed by atoms with Crippen LogP contribution in [0.15, 0.2) is 65.7 Å². The van der Waals surface area contributed by atoms with E-state index in [-0.39, 0.29) is 44.8 Å². The average Bonchev–Trinajstić information content (AvgIpc) is 4.05. The summed E-state index contributed by atoms with van der Waals surface area (Å²) < 4.78 is 62.1. The number of carbonyl (C=O) groups is 3. The van der Waals surface area contributed by atoms with Gasteiger partial charge in [0.05, 0.1) is 16.7 Å². The Morgan fingerprint density at radius 3 is 2.43 bits per heavy atom. The molecule has 1 saturated heterocycles. The number of nitro groups is 1. The summed E-state index contributed by atoms with van der Waals surface area (Å²) in [4.78, 5) is 57.4. The van der Waals surface area contributed by atoms with Crippen LogP contribution >= 0.6 is 0 Å². The number of likely N-dealkylation sites (tertiary alicyclic amines) is 1. The lowest BCUT2D eigenvalue weighted by Gasteiger charge is -2.27. The number of aromatic nitrogens is 1. The van der Waals surface area contributed by atoms with E-state index in [1.165, 1.54) is 17.0 Å². The number of fused-ring (bicyclic) bond motifs is 1. The fourth-order valence-electron chi connectivity index (χ4n) is 6.72. The summed E-state index contributed by atoms with van der Waals surface area (Å²) in [6, 6.07) is 13.1. The molecule has 3 fully saturated rings. The van der Waals surface area contributed by atoms with Crippen molar-refractivity contribution in [1.29, 1.82) is 0 Å². The van der Waals surface area contributed by atoms with Gasteiger partial charge in [-0.15, -0.1) is 0 Å². The number of para-hydroxylation sites is 1. The fraction of sp³-hybridized carbons (Fsp3) is 0.486. The molecule has 2 N–H and O–H groups in total. The second-order valence-electron chi connectivity index (χ2n) is 13.8. The third kappa shape index (κ3) is 7.99. The molecule has 4 atom stereocenters. The number of unbranched alkanes of at least 4 members (excludes halogenated alkanes) is 1. The van der Waals surface area contributed by atoms with Crippen LogP contribution in [-0.4, -0.2) is 96.2 Å². The van der Waals surface area contributed by atoms with E-state index in [2.05, 4.69) is 15.0 Å². The zero-order valence-electron chi connectivity index (χ0n) is 29.3. The topological polar surface area (TPSA) is 215 Å². The quantitative estimate of drug-likeness (QED) is 0.160. The number of pyridine rings is 1. The summed E-state index contributed by atoms with van der Waals surface area (Å²) in [5, 5.41) is 15.4. The van der Waals surface area contributed by atoms with Crippen LogP contribution in [0, 0.1) is 16.0 Å². The van der Waals surface area contributed by atoms with Crippen LogP contribution in [0.25, 0.3) is 10.8 Å². The number of hydrogen-bond donors (Lipinski definition) is 2. The van der Waals surface area contributed by atoms with E-state index in [4.69, 9.17) is 4.74 Å². The first-order valence-corrected chi connectivity index (χ1v) is 20.6. The van der Waals surface area contributed by atoms with Crippen molar-refractivity contribution in [2.75, 3.05) is 19.6 Å². The van der Waals surface area contributed by atoms with Crippen LogP contribution in [0.3, 0.4) is 0 Å². The van der Waals surface area contributed by atoms with Crippen molar-refractivity contribution in [2.45, 2.75) is 86.6 Å². The number of nitrogens with zero attached hydrogens (tertiary/aromatic N) is 4. The highest BCUT2D eigenvalue weighted by molar-refractivity contribution is 7.91. The largest absolute Gasteiger partial charge is 0.472 e. The molecule has 6 rings (SSSR count). The SMILES string of the molecule is CCCCN(CCC(=O)N1CC(Oc2nccc3ccccc23)C[C@H]1C(=O)N[C@]1(C(=O)NS(=O)(=O)C2CC2)C[C@H]1C)S(=O)(=O)c1ccccc1[N+](=O)[O-]. The van der Waals surface area contributed by atoms with Crippen molar-refractivity contribution < 1.29 is 40.9 Å². The van der Waals surface area contributed by atoms with E-state index >= 15 is 0 Å². The first-order valence-electron chi connectivity index (χ1n) is 17.6. The van der Waals surface area contributed by atoms with E-state index in [0.717, 1.165) is 21.8 Å². The lowest BCUT2D eigenvalue weighted by atomic mass is 10.1. The zero-order chi connectivity index (χ0) is 38.1. The van der Waals surface area contributed by atoms with Crippen molar-refractivity contribution in [3.8, 4) is 5.88 Å². The van der Waals surface area contributed by atoms with E-state index in [1.807, 2.05) is 37.3 Å². The molecule has 2 aromatic carbocycles. The molecule has 18 heteroatoms. The first kappa shape index (κ1) is 38.1. The predicted molar refractivity (Wildman–Crippen MR) is 192 cm³/mol. The van der Waals surface area contributed by atoms with Gasteiger partial charge in [0.25, 0.3) is 11.6 Å². The Bertz CT molecular complexity index is 2140. The normalized spacial score (nSPS) is 22.8. The van der Waals surface area contributed by atoms with Crippen LogP contribution in [-0.2, 0) is 34.4 Å². The first-order chi connectivity index (χ1) is 25.2. The van der Waals surface area contributed by atoms with Gasteiger partial charge in [-0.2, -0.15) is 4.31 Å². The van der Waals surface area contributed by atoms with Gasteiger partial charge in [-0.05, 0) is 55.2 Å².